The summed E-state index contributed by atoms with van der Waals surface area (Å²) in [7, 11) is -4.03. The molecule has 0 unspecified atom stereocenters. The van der Waals surface area contributed by atoms with Gasteiger partial charge in [-0.3, -0.25) is 0 Å². The van der Waals surface area contributed by atoms with Crippen LogP contribution >= 0.6 is 11.3 Å². The Morgan fingerprint density at radius 3 is 2.32 bits per heavy atom. The van der Waals surface area contributed by atoms with Crippen molar-refractivity contribution in [3.63, 3.8) is 0 Å². The first kappa shape index (κ1) is 17.7. The lowest BCUT2D eigenvalue weighted by atomic mass is 10.0. The molecule has 0 aliphatic rings. The van der Waals surface area contributed by atoms with Gasteiger partial charge in [0.15, 0.2) is 11.6 Å². The lowest BCUT2D eigenvalue weighted by molar-refractivity contribution is 0.504. The van der Waals surface area contributed by atoms with Crippen LogP contribution in [0, 0.1) is 18.6 Å². The fraction of sp³-hybridized carbons (Fsp3) is 0.111. The smallest absolute Gasteiger partial charge is 0.207 e. The normalized spacial score (nSPS) is 12.9. The maximum atomic E-state index is 13.4. The third-order valence-electron chi connectivity index (χ3n) is 3.71. The van der Waals surface area contributed by atoms with Gasteiger partial charge in [-0.2, -0.15) is 4.72 Å². The molecule has 3 rings (SSSR count). The molecule has 0 radical (unpaired) electrons. The van der Waals surface area contributed by atoms with Crippen LogP contribution in [-0.2, 0) is 10.0 Å². The zero-order valence-corrected chi connectivity index (χ0v) is 14.9. The van der Waals surface area contributed by atoms with E-state index < -0.39 is 27.7 Å². The Labute approximate surface area is 149 Å². The molecule has 0 spiro atoms. The lowest BCUT2D eigenvalue weighted by Crippen LogP contribution is -2.29. The van der Waals surface area contributed by atoms with E-state index in [0.29, 0.717) is 6.07 Å². The average molecular weight is 379 g/mol. The van der Waals surface area contributed by atoms with Gasteiger partial charge in [0.25, 0.3) is 0 Å². The van der Waals surface area contributed by atoms with Crippen LogP contribution in [0.2, 0.25) is 0 Å². The molecule has 1 N–H and O–H groups in total. The third kappa shape index (κ3) is 3.95. The van der Waals surface area contributed by atoms with Crippen LogP contribution in [0.25, 0.3) is 0 Å². The van der Waals surface area contributed by atoms with Gasteiger partial charge < -0.3 is 0 Å². The predicted octanol–water partition coefficient (Wildman–Crippen LogP) is 4.40. The van der Waals surface area contributed by atoms with E-state index in [4.69, 9.17) is 0 Å². The van der Waals surface area contributed by atoms with Crippen molar-refractivity contribution >= 4 is 21.4 Å². The van der Waals surface area contributed by atoms with Crippen LogP contribution in [0.15, 0.2) is 64.9 Å². The van der Waals surface area contributed by atoms with Crippen molar-refractivity contribution in [2.75, 3.05) is 0 Å². The largest absolute Gasteiger partial charge is 0.241 e. The second-order valence-electron chi connectivity index (χ2n) is 5.56. The molecule has 7 heteroatoms. The van der Waals surface area contributed by atoms with Gasteiger partial charge in [-0.15, -0.1) is 11.3 Å². The number of rotatable bonds is 5. The van der Waals surface area contributed by atoms with Crippen molar-refractivity contribution in [2.24, 2.45) is 0 Å². The van der Waals surface area contributed by atoms with Gasteiger partial charge >= 0.3 is 0 Å². The molecule has 0 aliphatic heterocycles. The molecule has 1 atom stereocenters. The van der Waals surface area contributed by atoms with Crippen LogP contribution < -0.4 is 4.72 Å². The van der Waals surface area contributed by atoms with E-state index >= 15 is 0 Å². The number of sulfonamides is 1. The highest BCUT2D eigenvalue weighted by Crippen LogP contribution is 2.28. The summed E-state index contributed by atoms with van der Waals surface area (Å²) in [6, 6.07) is 13.0. The molecule has 130 valence electrons. The van der Waals surface area contributed by atoms with Gasteiger partial charge in [0.2, 0.25) is 10.0 Å². The first-order chi connectivity index (χ1) is 11.9. The van der Waals surface area contributed by atoms with Gasteiger partial charge in [-0.05, 0) is 42.1 Å². The fourth-order valence-corrected chi connectivity index (χ4v) is 4.46. The van der Waals surface area contributed by atoms with Gasteiger partial charge in [0.1, 0.15) is 0 Å². The van der Waals surface area contributed by atoms with Gasteiger partial charge in [-0.1, -0.05) is 35.9 Å². The highest BCUT2D eigenvalue weighted by Gasteiger charge is 2.24. The summed E-state index contributed by atoms with van der Waals surface area (Å²) < 4.78 is 54.4. The van der Waals surface area contributed by atoms with Gasteiger partial charge in [0.05, 0.1) is 10.9 Å². The topological polar surface area (TPSA) is 46.2 Å². The highest BCUT2D eigenvalue weighted by molar-refractivity contribution is 7.89. The monoisotopic (exact) mass is 379 g/mol. The number of hydrogen-bond acceptors (Lipinski definition) is 3. The minimum Gasteiger partial charge on any atom is -0.207 e. The van der Waals surface area contributed by atoms with E-state index in [1.807, 2.05) is 48.7 Å². The summed E-state index contributed by atoms with van der Waals surface area (Å²) >= 11 is 1.41. The third-order valence-corrected chi connectivity index (χ3v) is 6.07. The zero-order chi connectivity index (χ0) is 18.0. The highest BCUT2D eigenvalue weighted by atomic mass is 32.2. The summed E-state index contributed by atoms with van der Waals surface area (Å²) in [4.78, 5) is 0.482. The molecule has 0 fully saturated rings. The van der Waals surface area contributed by atoms with Gasteiger partial charge in [0, 0.05) is 4.88 Å². The molecule has 3 nitrogen and oxygen atoms in total. The molecule has 2 aromatic carbocycles. The van der Waals surface area contributed by atoms with E-state index in [1.54, 1.807) is 0 Å². The summed E-state index contributed by atoms with van der Waals surface area (Å²) in [5.74, 6) is -2.29. The summed E-state index contributed by atoms with van der Waals surface area (Å²) in [6.45, 7) is 1.94. The van der Waals surface area contributed by atoms with Crippen LogP contribution in [0.3, 0.4) is 0 Å². The van der Waals surface area contributed by atoms with Gasteiger partial charge in [-0.25, -0.2) is 17.2 Å². The Morgan fingerprint density at radius 1 is 1.00 bits per heavy atom. The van der Waals surface area contributed by atoms with Crippen molar-refractivity contribution < 1.29 is 17.2 Å². The Morgan fingerprint density at radius 2 is 1.72 bits per heavy atom. The number of hydrogen-bond donors (Lipinski definition) is 1. The van der Waals surface area contributed by atoms with E-state index in [0.717, 1.165) is 28.1 Å². The molecule has 0 amide bonds. The minimum atomic E-state index is -4.03. The maximum absolute atomic E-state index is 13.4. The van der Waals surface area contributed by atoms with Crippen molar-refractivity contribution in [3.8, 4) is 0 Å². The quantitative estimate of drug-likeness (QED) is 0.714. The second kappa shape index (κ2) is 7.03. The van der Waals surface area contributed by atoms with Crippen LogP contribution in [0.1, 0.15) is 22.0 Å². The maximum Gasteiger partial charge on any atom is 0.241 e. The second-order valence-corrected chi connectivity index (χ2v) is 8.25. The number of benzene rings is 2. The number of thiophene rings is 1. The molecular formula is C18H15F2NO2S2. The molecule has 1 heterocycles. The van der Waals surface area contributed by atoms with Crippen molar-refractivity contribution in [1.82, 2.24) is 4.72 Å². The Hall–Kier alpha value is -2.09. The molecule has 0 saturated carbocycles. The number of halogens is 2. The molecule has 1 aromatic heterocycles. The van der Waals surface area contributed by atoms with Crippen molar-refractivity contribution in [3.05, 3.63) is 87.6 Å². The zero-order valence-electron chi connectivity index (χ0n) is 13.2. The van der Waals surface area contributed by atoms with Crippen LogP contribution in [0.5, 0.6) is 0 Å². The molecule has 3 aromatic rings. The average Bonchev–Trinajstić information content (AvgIpc) is 3.10. The minimum absolute atomic E-state index is 0.319. The first-order valence-electron chi connectivity index (χ1n) is 7.44. The standard InChI is InChI=1S/C18H15F2NO2S2/c1-12-4-6-13(7-5-12)18(17-3-2-10-24-17)21-25(22,23)14-8-9-15(19)16(20)11-14/h2-11,18,21H,1H3/t18-/m1/s1. The molecule has 0 bridgehead atoms. The number of nitrogens with one attached hydrogen (secondary N) is 1. The van der Waals surface area contributed by atoms with E-state index in [2.05, 4.69) is 4.72 Å². The summed E-state index contributed by atoms with van der Waals surface area (Å²) in [5.41, 5.74) is 1.82. The number of aryl methyl sites for hydroxylation is 1. The van der Waals surface area contributed by atoms with E-state index in [9.17, 15) is 17.2 Å². The predicted molar refractivity (Wildman–Crippen MR) is 94.0 cm³/mol. The molecule has 25 heavy (non-hydrogen) atoms. The van der Waals surface area contributed by atoms with Crippen LogP contribution in [-0.4, -0.2) is 8.42 Å². The lowest BCUT2D eigenvalue weighted by Gasteiger charge is -2.18. The Balaban J connectivity index is 1.99. The first-order valence-corrected chi connectivity index (χ1v) is 9.80. The molecule has 0 saturated heterocycles. The molecule has 0 aliphatic carbocycles. The Kier molecular flexibility index (Phi) is 4.99. The Bertz CT molecular complexity index is 969. The summed E-state index contributed by atoms with van der Waals surface area (Å²) in [5, 5.41) is 1.85. The van der Waals surface area contributed by atoms with Crippen LogP contribution in [0.4, 0.5) is 8.78 Å². The summed E-state index contributed by atoms with van der Waals surface area (Å²) in [6.07, 6.45) is 0. The van der Waals surface area contributed by atoms with E-state index in [-0.39, 0.29) is 4.90 Å². The van der Waals surface area contributed by atoms with Crippen molar-refractivity contribution in [2.45, 2.75) is 17.9 Å². The van der Waals surface area contributed by atoms with E-state index in [1.165, 1.54) is 11.3 Å². The molecular weight excluding hydrogens is 364 g/mol. The SMILES string of the molecule is Cc1ccc([C@@H](NS(=O)(=O)c2ccc(F)c(F)c2)c2cccs2)cc1. The fourth-order valence-electron chi connectivity index (χ4n) is 2.37. The van der Waals surface area contributed by atoms with Crippen molar-refractivity contribution in [1.29, 1.82) is 0 Å².